The van der Waals surface area contributed by atoms with E-state index in [1.54, 1.807) is 66.7 Å². The Labute approximate surface area is 263 Å². The minimum absolute atomic E-state index is 0.00115. The predicted molar refractivity (Wildman–Crippen MR) is 172 cm³/mol. The van der Waals surface area contributed by atoms with Gasteiger partial charge in [-0.3, -0.25) is 13.9 Å². The number of carbonyl (C=O) groups excluding carboxylic acids is 2. The molecule has 4 aromatic rings. The topological polar surface area (TPSA) is 86.8 Å². The molecule has 4 aromatic carbocycles. The Morgan fingerprint density at radius 2 is 1.33 bits per heavy atom. The van der Waals surface area contributed by atoms with E-state index < -0.39 is 28.5 Å². The lowest BCUT2D eigenvalue weighted by atomic mass is 10.0. The molecule has 1 N–H and O–H groups in total. The molecule has 224 valence electrons. The maximum absolute atomic E-state index is 14.4. The Bertz CT molecular complexity index is 1650. The number of para-hydroxylation sites is 1. The number of hydrogen-bond acceptors (Lipinski definition) is 4. The maximum Gasteiger partial charge on any atom is 0.264 e. The number of halogens is 2. The molecule has 1 atom stereocenters. The molecule has 7 nitrogen and oxygen atoms in total. The molecule has 0 saturated heterocycles. The fourth-order valence-electron chi connectivity index (χ4n) is 4.63. The third-order valence-corrected chi connectivity index (χ3v) is 9.19. The van der Waals surface area contributed by atoms with Crippen LogP contribution < -0.4 is 9.62 Å². The number of amides is 2. The van der Waals surface area contributed by atoms with Gasteiger partial charge in [0.1, 0.15) is 12.6 Å². The number of nitrogens with one attached hydrogen (secondary N) is 1. The van der Waals surface area contributed by atoms with Crippen LogP contribution >= 0.6 is 23.2 Å². The van der Waals surface area contributed by atoms with Gasteiger partial charge in [0.2, 0.25) is 11.8 Å². The number of sulfonamides is 1. The molecule has 0 aliphatic rings. The van der Waals surface area contributed by atoms with Crippen LogP contribution in [0.1, 0.15) is 25.0 Å². The van der Waals surface area contributed by atoms with Gasteiger partial charge in [0.05, 0.1) is 15.6 Å². The van der Waals surface area contributed by atoms with Gasteiger partial charge < -0.3 is 10.2 Å². The lowest BCUT2D eigenvalue weighted by molar-refractivity contribution is -0.140. The third kappa shape index (κ3) is 8.16. The molecule has 0 radical (unpaired) electrons. The summed E-state index contributed by atoms with van der Waals surface area (Å²) in [7, 11) is -4.24. The predicted octanol–water partition coefficient (Wildman–Crippen LogP) is 6.35. The summed E-state index contributed by atoms with van der Waals surface area (Å²) >= 11 is 13.0. The molecule has 0 spiro atoms. The van der Waals surface area contributed by atoms with E-state index in [2.05, 4.69) is 5.32 Å². The van der Waals surface area contributed by atoms with Crippen molar-refractivity contribution in [3.63, 3.8) is 0 Å². The van der Waals surface area contributed by atoms with Crippen LogP contribution in [0.2, 0.25) is 10.0 Å². The number of benzene rings is 4. The maximum atomic E-state index is 14.4. The van der Waals surface area contributed by atoms with Crippen LogP contribution in [-0.2, 0) is 32.6 Å². The van der Waals surface area contributed by atoms with Crippen LogP contribution in [0.4, 0.5) is 5.69 Å². The first-order chi connectivity index (χ1) is 20.6. The van der Waals surface area contributed by atoms with Gasteiger partial charge in [-0.2, -0.15) is 0 Å². The van der Waals surface area contributed by atoms with E-state index in [9.17, 15) is 18.0 Å². The van der Waals surface area contributed by atoms with E-state index in [4.69, 9.17) is 23.2 Å². The van der Waals surface area contributed by atoms with Crippen molar-refractivity contribution in [3.8, 4) is 0 Å². The Balaban J connectivity index is 1.82. The molecule has 0 unspecified atom stereocenters. The summed E-state index contributed by atoms with van der Waals surface area (Å²) in [5.74, 6) is -0.964. The van der Waals surface area contributed by atoms with Crippen molar-refractivity contribution in [2.24, 2.45) is 0 Å². The van der Waals surface area contributed by atoms with Crippen LogP contribution in [0, 0.1) is 0 Å². The average Bonchev–Trinajstić information content (AvgIpc) is 2.99. The first kappa shape index (κ1) is 32.1. The van der Waals surface area contributed by atoms with E-state index >= 15 is 0 Å². The second-order valence-corrected chi connectivity index (χ2v) is 12.9. The Morgan fingerprint density at radius 3 is 1.93 bits per heavy atom. The van der Waals surface area contributed by atoms with Crippen molar-refractivity contribution < 1.29 is 18.0 Å². The highest BCUT2D eigenvalue weighted by atomic mass is 35.5. The van der Waals surface area contributed by atoms with Gasteiger partial charge in [0, 0.05) is 24.0 Å². The molecule has 0 aliphatic carbocycles. The summed E-state index contributed by atoms with van der Waals surface area (Å²) in [5.41, 5.74) is 1.59. The fraction of sp³-hybridized carbons (Fsp3) is 0.212. The molecule has 0 heterocycles. The number of nitrogens with zero attached hydrogens (tertiary/aromatic N) is 2. The first-order valence-electron chi connectivity index (χ1n) is 13.8. The van der Waals surface area contributed by atoms with E-state index in [0.29, 0.717) is 10.6 Å². The van der Waals surface area contributed by atoms with Gasteiger partial charge in [-0.15, -0.1) is 0 Å². The minimum atomic E-state index is -4.24. The quantitative estimate of drug-likeness (QED) is 0.196. The molecule has 4 rings (SSSR count). The Morgan fingerprint density at radius 1 is 0.767 bits per heavy atom. The van der Waals surface area contributed by atoms with E-state index in [-0.39, 0.29) is 40.5 Å². The summed E-state index contributed by atoms with van der Waals surface area (Å²) in [6, 6.07) is 29.5. The van der Waals surface area contributed by atoms with Gasteiger partial charge in [0.25, 0.3) is 10.0 Å². The normalized spacial score (nSPS) is 12.0. The lowest BCUT2D eigenvalue weighted by Gasteiger charge is -2.34. The highest BCUT2D eigenvalue weighted by Gasteiger charge is 2.35. The second-order valence-electron chi connectivity index (χ2n) is 10.3. The SMILES string of the molecule is CC(C)NC(=O)[C@@H](Cc1ccccc1)N(Cc1ccccc1Cl)C(=O)CN(c1ccccc1Cl)S(=O)(=O)c1ccccc1. The number of rotatable bonds is 12. The average molecular weight is 639 g/mol. The fourth-order valence-corrected chi connectivity index (χ4v) is 6.57. The van der Waals surface area contributed by atoms with Crippen molar-refractivity contribution in [1.29, 1.82) is 0 Å². The van der Waals surface area contributed by atoms with Gasteiger partial charge in [-0.1, -0.05) is 102 Å². The minimum Gasteiger partial charge on any atom is -0.352 e. The van der Waals surface area contributed by atoms with Gasteiger partial charge in [-0.25, -0.2) is 8.42 Å². The summed E-state index contributed by atoms with van der Waals surface area (Å²) in [5, 5.41) is 3.51. The zero-order valence-electron chi connectivity index (χ0n) is 23.9. The molecule has 0 aromatic heterocycles. The molecule has 0 fully saturated rings. The van der Waals surface area contributed by atoms with Crippen molar-refractivity contribution in [2.45, 2.75) is 43.8 Å². The molecule has 10 heteroatoms. The zero-order valence-corrected chi connectivity index (χ0v) is 26.2. The standard InChI is InChI=1S/C33H33Cl2N3O4S/c1-24(2)36-33(40)31(21-25-13-5-3-6-14-25)37(22-26-15-9-10-18-28(26)34)32(39)23-38(30-20-12-11-19-29(30)35)43(41,42)27-16-7-4-8-17-27/h3-20,24,31H,21-23H2,1-2H3,(H,36,40)/t31-/m1/s1. The zero-order chi connectivity index (χ0) is 31.0. The monoisotopic (exact) mass is 637 g/mol. The summed E-state index contributed by atoms with van der Waals surface area (Å²) in [4.78, 5) is 29.5. The second kappa shape index (κ2) is 14.6. The highest BCUT2D eigenvalue weighted by molar-refractivity contribution is 7.92. The van der Waals surface area contributed by atoms with E-state index in [1.807, 2.05) is 44.2 Å². The Hall–Kier alpha value is -3.85. The largest absolute Gasteiger partial charge is 0.352 e. The van der Waals surface area contributed by atoms with Crippen LogP contribution in [0.15, 0.2) is 114 Å². The smallest absolute Gasteiger partial charge is 0.264 e. The molecule has 2 amide bonds. The summed E-state index contributed by atoms with van der Waals surface area (Å²) in [6.45, 7) is 3.04. The summed E-state index contributed by atoms with van der Waals surface area (Å²) in [6.07, 6.45) is 0.202. The molecule has 0 bridgehead atoms. The van der Waals surface area contributed by atoms with E-state index in [0.717, 1.165) is 9.87 Å². The van der Waals surface area contributed by atoms with Crippen LogP contribution in [0.25, 0.3) is 0 Å². The van der Waals surface area contributed by atoms with E-state index in [1.165, 1.54) is 17.0 Å². The number of anilines is 1. The van der Waals surface area contributed by atoms with Crippen molar-refractivity contribution in [2.75, 3.05) is 10.8 Å². The van der Waals surface area contributed by atoms with Crippen molar-refractivity contribution in [3.05, 3.63) is 130 Å². The Kier molecular flexibility index (Phi) is 10.9. The summed E-state index contributed by atoms with van der Waals surface area (Å²) < 4.78 is 29.0. The molecule has 0 saturated carbocycles. The first-order valence-corrected chi connectivity index (χ1v) is 16.0. The number of carbonyl (C=O) groups is 2. The van der Waals surface area contributed by atoms with Gasteiger partial charge in [0.15, 0.2) is 0 Å². The van der Waals surface area contributed by atoms with Gasteiger partial charge in [-0.05, 0) is 55.3 Å². The highest BCUT2D eigenvalue weighted by Crippen LogP contribution is 2.31. The molecular formula is C33H33Cl2N3O4S. The molecule has 43 heavy (non-hydrogen) atoms. The molecule has 0 aliphatic heterocycles. The van der Waals surface area contributed by atoms with Crippen LogP contribution in [0.3, 0.4) is 0 Å². The lowest BCUT2D eigenvalue weighted by Crippen LogP contribution is -2.54. The van der Waals surface area contributed by atoms with Gasteiger partial charge >= 0.3 is 0 Å². The van der Waals surface area contributed by atoms with Crippen molar-refractivity contribution >= 4 is 50.7 Å². The third-order valence-electron chi connectivity index (χ3n) is 6.73. The number of hydrogen-bond donors (Lipinski definition) is 1. The molecular weight excluding hydrogens is 605 g/mol. The van der Waals surface area contributed by atoms with Crippen molar-refractivity contribution in [1.82, 2.24) is 10.2 Å². The van der Waals surface area contributed by atoms with Crippen LogP contribution in [0.5, 0.6) is 0 Å². The van der Waals surface area contributed by atoms with Crippen LogP contribution in [-0.4, -0.2) is 43.8 Å².